The van der Waals surface area contributed by atoms with E-state index in [1.807, 2.05) is 0 Å². The van der Waals surface area contributed by atoms with Crippen LogP contribution in [0.15, 0.2) is 28.2 Å². The zero-order valence-corrected chi connectivity index (χ0v) is 23.8. The highest BCUT2D eigenvalue weighted by Gasteiger charge is 2.13. The maximum atomic E-state index is 5.22. The first-order chi connectivity index (χ1) is 17.7. The quantitative estimate of drug-likeness (QED) is 0.384. The third-order valence-corrected chi connectivity index (χ3v) is 8.39. The first-order valence-electron chi connectivity index (χ1n) is 15.8. The van der Waals surface area contributed by atoms with E-state index in [0.29, 0.717) is 12.1 Å². The summed E-state index contributed by atoms with van der Waals surface area (Å²) in [6.45, 7) is 4.34. The molecule has 2 fully saturated rings. The summed E-state index contributed by atoms with van der Waals surface area (Å²) in [4.78, 5) is 15.5. The zero-order chi connectivity index (χ0) is 25.3. The van der Waals surface area contributed by atoms with Crippen molar-refractivity contribution < 1.29 is 0 Å². The van der Waals surface area contributed by atoms with Crippen molar-refractivity contribution in [1.29, 1.82) is 0 Å². The van der Waals surface area contributed by atoms with E-state index in [1.165, 1.54) is 141 Å². The third-order valence-electron chi connectivity index (χ3n) is 8.39. The van der Waals surface area contributed by atoms with E-state index >= 15 is 0 Å². The van der Waals surface area contributed by atoms with Crippen molar-refractivity contribution in [2.45, 2.75) is 167 Å². The number of hydrogen-bond acceptors (Lipinski definition) is 3. The van der Waals surface area contributed by atoms with E-state index in [4.69, 9.17) is 15.0 Å². The number of rotatable bonds is 4. The number of nitrogens with zero attached hydrogens (tertiary/aromatic N) is 3. The molecule has 0 atom stereocenters. The van der Waals surface area contributed by atoms with E-state index in [-0.39, 0.29) is 0 Å². The molecule has 36 heavy (non-hydrogen) atoms. The minimum absolute atomic E-state index is 0.459. The highest BCUT2D eigenvalue weighted by atomic mass is 14.9. The SMILES string of the molecule is CC(=NC1CCCCCCCCCCC1)c1cccc(C(C)=NC2CCCCCCCCCCC2)n1. The Hall–Kier alpha value is -1.51. The summed E-state index contributed by atoms with van der Waals surface area (Å²) in [5.74, 6) is 0. The van der Waals surface area contributed by atoms with Crippen LogP contribution in [0.4, 0.5) is 0 Å². The Labute approximate surface area is 223 Å². The van der Waals surface area contributed by atoms with Gasteiger partial charge in [0.05, 0.1) is 34.9 Å². The van der Waals surface area contributed by atoms with Crippen molar-refractivity contribution in [2.75, 3.05) is 0 Å². The van der Waals surface area contributed by atoms with Crippen LogP contribution in [0.2, 0.25) is 0 Å². The summed E-state index contributed by atoms with van der Waals surface area (Å²) in [7, 11) is 0. The van der Waals surface area contributed by atoms with Crippen molar-refractivity contribution in [3.8, 4) is 0 Å². The number of hydrogen-bond donors (Lipinski definition) is 0. The molecule has 0 N–H and O–H groups in total. The molecule has 0 aromatic carbocycles. The Morgan fingerprint density at radius 3 is 1.08 bits per heavy atom. The number of aliphatic imine (C=N–C) groups is 2. The second-order valence-corrected chi connectivity index (χ2v) is 11.7. The predicted molar refractivity (Wildman–Crippen MR) is 158 cm³/mol. The van der Waals surface area contributed by atoms with Crippen molar-refractivity contribution in [1.82, 2.24) is 4.98 Å². The lowest BCUT2D eigenvalue weighted by Crippen LogP contribution is -2.13. The first-order valence-corrected chi connectivity index (χ1v) is 15.8. The van der Waals surface area contributed by atoms with Gasteiger partial charge in [-0.25, -0.2) is 4.98 Å². The molecule has 0 saturated heterocycles. The smallest absolute Gasteiger partial charge is 0.0845 e. The van der Waals surface area contributed by atoms with Gasteiger partial charge in [0, 0.05) is 0 Å². The number of aromatic nitrogens is 1. The van der Waals surface area contributed by atoms with E-state index in [2.05, 4.69) is 32.0 Å². The van der Waals surface area contributed by atoms with Crippen LogP contribution in [-0.4, -0.2) is 28.5 Å². The van der Waals surface area contributed by atoms with Gasteiger partial charge in [-0.2, -0.15) is 0 Å². The lowest BCUT2D eigenvalue weighted by molar-refractivity contribution is 0.466. The molecule has 2 saturated carbocycles. The summed E-state index contributed by atoms with van der Waals surface area (Å²) in [5, 5.41) is 0. The van der Waals surface area contributed by atoms with Crippen LogP contribution < -0.4 is 0 Å². The topological polar surface area (TPSA) is 37.6 Å². The maximum Gasteiger partial charge on any atom is 0.0845 e. The summed E-state index contributed by atoms with van der Waals surface area (Å²) in [5.41, 5.74) is 4.28. The minimum atomic E-state index is 0.459. The molecule has 202 valence electrons. The Bertz CT molecular complexity index is 696. The average Bonchev–Trinajstić information content (AvgIpc) is 2.87. The van der Waals surface area contributed by atoms with E-state index < -0.39 is 0 Å². The molecule has 0 amide bonds. The lowest BCUT2D eigenvalue weighted by Gasteiger charge is -2.16. The van der Waals surface area contributed by atoms with Crippen molar-refractivity contribution >= 4 is 11.4 Å². The first kappa shape index (κ1) is 29.1. The van der Waals surface area contributed by atoms with Gasteiger partial charge in [-0.15, -0.1) is 0 Å². The fourth-order valence-corrected chi connectivity index (χ4v) is 6.06. The molecular formula is C33H55N3. The standard InChI is InChI=1S/C33H55N3/c1-28(34-30-22-17-13-9-5-3-6-10-14-18-23-30)32-26-21-27-33(36-32)29(2)35-31-24-19-15-11-7-4-8-12-16-20-25-31/h21,26-27,30-31H,3-20,22-25H2,1-2H3. The molecule has 0 radical (unpaired) electrons. The van der Waals surface area contributed by atoms with Gasteiger partial charge < -0.3 is 0 Å². The molecule has 3 rings (SSSR count). The average molecular weight is 494 g/mol. The Morgan fingerprint density at radius 1 is 0.500 bits per heavy atom. The molecule has 2 aliphatic rings. The van der Waals surface area contributed by atoms with Gasteiger partial charge >= 0.3 is 0 Å². The van der Waals surface area contributed by atoms with Crippen LogP contribution in [0.5, 0.6) is 0 Å². The maximum absolute atomic E-state index is 5.22. The summed E-state index contributed by atoms with van der Waals surface area (Å²) >= 11 is 0. The summed E-state index contributed by atoms with van der Waals surface area (Å²) in [6.07, 6.45) is 29.9. The van der Waals surface area contributed by atoms with Crippen LogP contribution in [0.1, 0.15) is 166 Å². The van der Waals surface area contributed by atoms with E-state index in [0.717, 1.165) is 22.8 Å². The lowest BCUT2D eigenvalue weighted by atomic mass is 9.98. The highest BCUT2D eigenvalue weighted by Crippen LogP contribution is 2.21. The van der Waals surface area contributed by atoms with Crippen LogP contribution in [-0.2, 0) is 0 Å². The Morgan fingerprint density at radius 2 is 0.778 bits per heavy atom. The molecule has 0 spiro atoms. The van der Waals surface area contributed by atoms with Gasteiger partial charge in [-0.05, 0) is 51.7 Å². The van der Waals surface area contributed by atoms with Crippen LogP contribution in [0.3, 0.4) is 0 Å². The van der Waals surface area contributed by atoms with Gasteiger partial charge in [0.25, 0.3) is 0 Å². The van der Waals surface area contributed by atoms with Crippen molar-refractivity contribution in [2.24, 2.45) is 9.98 Å². The molecule has 0 bridgehead atoms. The van der Waals surface area contributed by atoms with Crippen LogP contribution >= 0.6 is 0 Å². The molecule has 1 aromatic heterocycles. The van der Waals surface area contributed by atoms with Gasteiger partial charge in [-0.3, -0.25) is 9.98 Å². The molecule has 3 nitrogen and oxygen atoms in total. The fraction of sp³-hybridized carbons (Fsp3) is 0.788. The van der Waals surface area contributed by atoms with Gasteiger partial charge in [0.2, 0.25) is 0 Å². The molecule has 3 heteroatoms. The summed E-state index contributed by atoms with van der Waals surface area (Å²) < 4.78 is 0. The molecule has 1 aromatic rings. The highest BCUT2D eigenvalue weighted by molar-refractivity contribution is 6.00. The zero-order valence-electron chi connectivity index (χ0n) is 23.8. The number of pyridine rings is 1. The van der Waals surface area contributed by atoms with Crippen molar-refractivity contribution in [3.05, 3.63) is 29.6 Å². The Balaban J connectivity index is 1.64. The molecule has 0 unspecified atom stereocenters. The van der Waals surface area contributed by atoms with Gasteiger partial charge in [-0.1, -0.05) is 122 Å². The predicted octanol–water partition coefficient (Wildman–Crippen LogP) is 10.0. The molecule has 2 aliphatic carbocycles. The fourth-order valence-electron chi connectivity index (χ4n) is 6.06. The minimum Gasteiger partial charge on any atom is -0.284 e. The molecular weight excluding hydrogens is 438 g/mol. The molecule has 1 heterocycles. The second kappa shape index (κ2) is 17.9. The van der Waals surface area contributed by atoms with Crippen LogP contribution in [0, 0.1) is 0 Å². The van der Waals surface area contributed by atoms with Crippen molar-refractivity contribution in [3.63, 3.8) is 0 Å². The van der Waals surface area contributed by atoms with Crippen LogP contribution in [0.25, 0.3) is 0 Å². The van der Waals surface area contributed by atoms with Gasteiger partial charge in [0.1, 0.15) is 0 Å². The van der Waals surface area contributed by atoms with E-state index in [9.17, 15) is 0 Å². The molecule has 0 aliphatic heterocycles. The van der Waals surface area contributed by atoms with E-state index in [1.54, 1.807) is 0 Å². The van der Waals surface area contributed by atoms with Gasteiger partial charge in [0.15, 0.2) is 0 Å². The normalized spacial score (nSPS) is 22.6. The monoisotopic (exact) mass is 493 g/mol. The largest absolute Gasteiger partial charge is 0.284 e. The third kappa shape index (κ3) is 11.7. The summed E-state index contributed by atoms with van der Waals surface area (Å²) in [6, 6.07) is 7.35. The Kier molecular flexibility index (Phi) is 14.4. The second-order valence-electron chi connectivity index (χ2n) is 11.7.